The average molecular weight is 317 g/mol. The lowest BCUT2D eigenvalue weighted by Crippen LogP contribution is -2.72. The summed E-state index contributed by atoms with van der Waals surface area (Å²) >= 11 is 0. The van der Waals surface area contributed by atoms with Crippen LogP contribution in [0.2, 0.25) is 0 Å². The first-order valence-corrected chi connectivity index (χ1v) is 8.90. The Morgan fingerprint density at radius 1 is 1.48 bits per heavy atom. The van der Waals surface area contributed by atoms with Crippen molar-refractivity contribution in [2.45, 2.75) is 50.8 Å². The van der Waals surface area contributed by atoms with Crippen LogP contribution in [-0.4, -0.2) is 48.1 Å². The van der Waals surface area contributed by atoms with Gasteiger partial charge in [0.1, 0.15) is 0 Å². The molecule has 1 saturated heterocycles. The summed E-state index contributed by atoms with van der Waals surface area (Å²) < 4.78 is 7.95. The molecule has 2 aliphatic carbocycles. The minimum absolute atomic E-state index is 0.397. The monoisotopic (exact) mass is 317 g/mol. The van der Waals surface area contributed by atoms with E-state index in [1.807, 2.05) is 30.2 Å². The fraction of sp³-hybridized carbons (Fsp3) is 0.765. The van der Waals surface area contributed by atoms with Gasteiger partial charge < -0.3 is 15.4 Å². The second kappa shape index (κ2) is 6.15. The number of rotatable bonds is 5. The van der Waals surface area contributed by atoms with Crippen LogP contribution >= 0.6 is 0 Å². The van der Waals surface area contributed by atoms with E-state index in [0.717, 1.165) is 32.1 Å². The van der Waals surface area contributed by atoms with E-state index >= 15 is 0 Å². The van der Waals surface area contributed by atoms with Gasteiger partial charge in [-0.05, 0) is 31.7 Å². The molecule has 1 aromatic rings. The van der Waals surface area contributed by atoms with Crippen molar-refractivity contribution < 1.29 is 4.74 Å². The van der Waals surface area contributed by atoms with Gasteiger partial charge in [-0.2, -0.15) is 5.10 Å². The van der Waals surface area contributed by atoms with Crippen molar-refractivity contribution >= 4 is 5.96 Å². The minimum atomic E-state index is 0.397. The summed E-state index contributed by atoms with van der Waals surface area (Å²) in [4.78, 5) is 4.41. The Balaban J connectivity index is 1.27. The van der Waals surface area contributed by atoms with Gasteiger partial charge in [-0.15, -0.1) is 0 Å². The van der Waals surface area contributed by atoms with Crippen LogP contribution in [0, 0.1) is 11.3 Å². The van der Waals surface area contributed by atoms with Gasteiger partial charge in [0.25, 0.3) is 0 Å². The van der Waals surface area contributed by atoms with E-state index in [1.54, 1.807) is 0 Å². The molecule has 6 heteroatoms. The number of aryl methyl sites for hydroxylation is 1. The van der Waals surface area contributed by atoms with Crippen molar-refractivity contribution in [2.75, 3.05) is 20.2 Å². The van der Waals surface area contributed by atoms with Gasteiger partial charge >= 0.3 is 0 Å². The molecule has 1 aliphatic heterocycles. The number of fused-ring (bicyclic) bond motifs is 2. The van der Waals surface area contributed by atoms with Crippen molar-refractivity contribution in [3.63, 3.8) is 0 Å². The van der Waals surface area contributed by atoms with Crippen LogP contribution in [0.3, 0.4) is 0 Å². The summed E-state index contributed by atoms with van der Waals surface area (Å²) in [7, 11) is 1.86. The quantitative estimate of drug-likeness (QED) is 0.489. The van der Waals surface area contributed by atoms with Gasteiger partial charge in [0.15, 0.2) is 5.96 Å². The Hall–Kier alpha value is -1.56. The second-order valence-corrected chi connectivity index (χ2v) is 7.07. The zero-order valence-corrected chi connectivity index (χ0v) is 13.9. The summed E-state index contributed by atoms with van der Waals surface area (Å²) in [5.41, 5.74) is 0.397. The maximum absolute atomic E-state index is 5.99. The highest BCUT2D eigenvalue weighted by atomic mass is 16.5. The molecule has 0 radical (unpaired) electrons. The van der Waals surface area contributed by atoms with E-state index in [0.29, 0.717) is 23.5 Å². The maximum Gasteiger partial charge on any atom is 0.191 e. The first kappa shape index (κ1) is 15.0. The maximum atomic E-state index is 5.99. The number of nitrogens with zero attached hydrogens (tertiary/aromatic N) is 3. The van der Waals surface area contributed by atoms with Crippen molar-refractivity contribution in [3.05, 3.63) is 18.5 Å². The zero-order valence-electron chi connectivity index (χ0n) is 13.9. The van der Waals surface area contributed by atoms with Gasteiger partial charge in [-0.3, -0.25) is 9.67 Å². The molecule has 3 unspecified atom stereocenters. The van der Waals surface area contributed by atoms with Gasteiger partial charge in [-0.1, -0.05) is 6.42 Å². The van der Waals surface area contributed by atoms with Crippen LogP contribution < -0.4 is 10.6 Å². The third kappa shape index (κ3) is 2.53. The zero-order chi connectivity index (χ0) is 15.7. The molecule has 1 spiro atoms. The predicted molar refractivity (Wildman–Crippen MR) is 89.3 cm³/mol. The van der Waals surface area contributed by atoms with Crippen LogP contribution in [-0.2, 0) is 11.3 Å². The summed E-state index contributed by atoms with van der Waals surface area (Å²) in [6.07, 6.45) is 10.5. The fourth-order valence-corrected chi connectivity index (χ4v) is 4.68. The van der Waals surface area contributed by atoms with Crippen LogP contribution in [0.1, 0.15) is 32.1 Å². The van der Waals surface area contributed by atoms with E-state index in [1.165, 1.54) is 25.7 Å². The molecule has 23 heavy (non-hydrogen) atoms. The highest BCUT2D eigenvalue weighted by Crippen LogP contribution is 2.62. The molecular formula is C17H27N5O. The second-order valence-electron chi connectivity index (χ2n) is 7.07. The molecular weight excluding hydrogens is 290 g/mol. The van der Waals surface area contributed by atoms with Crippen molar-refractivity contribution in [1.29, 1.82) is 0 Å². The van der Waals surface area contributed by atoms with Gasteiger partial charge in [0.05, 0.1) is 6.10 Å². The van der Waals surface area contributed by atoms with Crippen LogP contribution in [0.15, 0.2) is 23.5 Å². The third-order valence-electron chi connectivity index (χ3n) is 5.97. The van der Waals surface area contributed by atoms with E-state index in [2.05, 4.69) is 20.7 Å². The molecule has 2 heterocycles. The molecule has 3 fully saturated rings. The Bertz CT molecular complexity index is 551. The third-order valence-corrected chi connectivity index (χ3v) is 5.97. The smallest absolute Gasteiger partial charge is 0.191 e. The van der Waals surface area contributed by atoms with E-state index in [4.69, 9.17) is 4.74 Å². The Morgan fingerprint density at radius 3 is 3.09 bits per heavy atom. The fourth-order valence-electron chi connectivity index (χ4n) is 4.68. The SMILES string of the molecule is CN=C(NCCCn1cccn1)NC1C2CCOC2C12CCC2. The number of hydrogen-bond acceptors (Lipinski definition) is 3. The number of nitrogens with one attached hydrogen (secondary N) is 2. The molecule has 2 saturated carbocycles. The van der Waals surface area contributed by atoms with E-state index in [9.17, 15) is 0 Å². The van der Waals surface area contributed by atoms with Crippen molar-refractivity contribution in [3.8, 4) is 0 Å². The van der Waals surface area contributed by atoms with Crippen molar-refractivity contribution in [2.24, 2.45) is 16.3 Å². The molecule has 4 rings (SSSR count). The molecule has 126 valence electrons. The number of ether oxygens (including phenoxy) is 1. The van der Waals surface area contributed by atoms with E-state index in [-0.39, 0.29) is 0 Å². The molecule has 3 aliphatic rings. The van der Waals surface area contributed by atoms with Gasteiger partial charge in [0.2, 0.25) is 0 Å². The number of aromatic nitrogens is 2. The Labute approximate surface area is 137 Å². The molecule has 6 nitrogen and oxygen atoms in total. The largest absolute Gasteiger partial charge is 0.377 e. The van der Waals surface area contributed by atoms with Crippen LogP contribution in [0.25, 0.3) is 0 Å². The number of aliphatic imine (C=N–C) groups is 1. The highest BCUT2D eigenvalue weighted by Gasteiger charge is 2.66. The highest BCUT2D eigenvalue weighted by molar-refractivity contribution is 5.80. The van der Waals surface area contributed by atoms with Crippen molar-refractivity contribution in [1.82, 2.24) is 20.4 Å². The predicted octanol–water partition coefficient (Wildman–Crippen LogP) is 1.40. The summed E-state index contributed by atoms with van der Waals surface area (Å²) in [6.45, 7) is 2.78. The molecule has 0 aromatic carbocycles. The average Bonchev–Trinajstić information content (AvgIpc) is 3.15. The molecule has 0 amide bonds. The Kier molecular flexibility index (Phi) is 4.01. The molecule has 1 aromatic heterocycles. The van der Waals surface area contributed by atoms with Crippen LogP contribution in [0.4, 0.5) is 0 Å². The Morgan fingerprint density at radius 2 is 2.39 bits per heavy atom. The van der Waals surface area contributed by atoms with Crippen LogP contribution in [0.5, 0.6) is 0 Å². The first-order chi connectivity index (χ1) is 11.3. The minimum Gasteiger partial charge on any atom is -0.377 e. The van der Waals surface area contributed by atoms with E-state index < -0.39 is 0 Å². The lowest BCUT2D eigenvalue weighted by molar-refractivity contribution is -0.171. The summed E-state index contributed by atoms with van der Waals surface area (Å²) in [5, 5.41) is 11.4. The molecule has 3 atom stereocenters. The number of guanidine groups is 1. The topological polar surface area (TPSA) is 63.5 Å². The molecule has 0 bridgehead atoms. The normalized spacial score (nSPS) is 31.3. The van der Waals surface area contributed by atoms with Gasteiger partial charge in [0, 0.05) is 56.5 Å². The number of hydrogen-bond donors (Lipinski definition) is 2. The first-order valence-electron chi connectivity index (χ1n) is 8.90. The summed E-state index contributed by atoms with van der Waals surface area (Å²) in [5.74, 6) is 1.62. The molecule has 2 N–H and O–H groups in total. The lowest BCUT2D eigenvalue weighted by Gasteiger charge is -2.63. The standard InChI is InChI=1S/C17H27N5O/c1-18-16(19-8-3-10-22-11-4-9-20-22)21-14-13-5-12-23-15(13)17(14)6-2-7-17/h4,9,11,13-15H,2-3,5-8,10,12H2,1H3,(H2,18,19,21). The lowest BCUT2D eigenvalue weighted by atomic mass is 9.46. The van der Waals surface area contributed by atoms with Gasteiger partial charge in [-0.25, -0.2) is 0 Å². The summed E-state index contributed by atoms with van der Waals surface area (Å²) in [6, 6.07) is 2.50.